The molecule has 0 unspecified atom stereocenters. The number of rotatable bonds is 5. The molecule has 0 spiro atoms. The van der Waals surface area contributed by atoms with Crippen LogP contribution in [0.3, 0.4) is 0 Å². The summed E-state index contributed by atoms with van der Waals surface area (Å²) < 4.78 is 0. The van der Waals surface area contributed by atoms with Crippen molar-refractivity contribution in [3.05, 3.63) is 42.9 Å². The Balaban J connectivity index is 2.42. The summed E-state index contributed by atoms with van der Waals surface area (Å²) in [5.74, 6) is 0. The molecule has 0 saturated heterocycles. The number of nitrogens with zero attached hydrogens (tertiary/aromatic N) is 2. The third-order valence-corrected chi connectivity index (χ3v) is 1.74. The van der Waals surface area contributed by atoms with Crippen LogP contribution >= 0.6 is 0 Å². The van der Waals surface area contributed by atoms with E-state index in [4.69, 9.17) is 0 Å². The molecule has 0 aromatic carbocycles. The molecule has 1 N–H and O–H groups in total. The molecule has 3 nitrogen and oxygen atoms in total. The van der Waals surface area contributed by atoms with Crippen molar-refractivity contribution in [2.45, 2.75) is 13.5 Å². The highest BCUT2D eigenvalue weighted by Gasteiger charge is 1.91. The summed E-state index contributed by atoms with van der Waals surface area (Å²) in [5, 5.41) is 3.00. The Kier molecular flexibility index (Phi) is 4.41. The summed E-state index contributed by atoms with van der Waals surface area (Å²) >= 11 is 0. The van der Waals surface area contributed by atoms with Crippen molar-refractivity contribution < 1.29 is 0 Å². The van der Waals surface area contributed by atoms with Gasteiger partial charge in [-0.25, -0.2) is 0 Å². The third-order valence-electron chi connectivity index (χ3n) is 1.74. The van der Waals surface area contributed by atoms with Crippen molar-refractivity contribution in [2.75, 3.05) is 6.54 Å². The molecule has 14 heavy (non-hydrogen) atoms. The number of aromatic nitrogens is 1. The molecule has 1 aromatic heterocycles. The first-order valence-electron chi connectivity index (χ1n) is 4.57. The maximum absolute atomic E-state index is 4.38. The Labute approximate surface area is 84.6 Å². The predicted molar refractivity (Wildman–Crippen MR) is 59.2 cm³/mol. The summed E-state index contributed by atoms with van der Waals surface area (Å²) in [4.78, 5) is 8.56. The highest BCUT2D eigenvalue weighted by Crippen LogP contribution is 1.95. The molecule has 0 radical (unpaired) electrons. The van der Waals surface area contributed by atoms with Crippen LogP contribution < -0.4 is 5.32 Å². The minimum Gasteiger partial charge on any atom is -0.386 e. The summed E-state index contributed by atoms with van der Waals surface area (Å²) in [6.07, 6.45) is 3.45. The lowest BCUT2D eigenvalue weighted by molar-refractivity contribution is 0.954. The van der Waals surface area contributed by atoms with Crippen LogP contribution in [0.5, 0.6) is 0 Å². The van der Waals surface area contributed by atoms with Crippen molar-refractivity contribution in [3.8, 4) is 0 Å². The van der Waals surface area contributed by atoms with E-state index in [1.807, 2.05) is 25.1 Å². The fourth-order valence-corrected chi connectivity index (χ4v) is 0.983. The smallest absolute Gasteiger partial charge is 0.0811 e. The van der Waals surface area contributed by atoms with E-state index in [2.05, 4.69) is 21.9 Å². The highest BCUT2D eigenvalue weighted by molar-refractivity contribution is 5.83. The molecule has 0 fully saturated rings. The number of hydrogen-bond acceptors (Lipinski definition) is 3. The molecule has 1 aromatic rings. The van der Waals surface area contributed by atoms with Gasteiger partial charge in [-0.2, -0.15) is 0 Å². The van der Waals surface area contributed by atoms with Gasteiger partial charge < -0.3 is 5.32 Å². The van der Waals surface area contributed by atoms with Gasteiger partial charge in [0.1, 0.15) is 0 Å². The molecule has 0 atom stereocenters. The van der Waals surface area contributed by atoms with Gasteiger partial charge in [-0.15, -0.1) is 0 Å². The Hall–Kier alpha value is -1.64. The Morgan fingerprint density at radius 3 is 3.14 bits per heavy atom. The summed E-state index contributed by atoms with van der Waals surface area (Å²) in [6, 6.07) is 5.84. The van der Waals surface area contributed by atoms with Gasteiger partial charge in [0.05, 0.1) is 18.8 Å². The topological polar surface area (TPSA) is 37.3 Å². The minimum absolute atomic E-state index is 0.644. The molecule has 0 aliphatic carbocycles. The van der Waals surface area contributed by atoms with Gasteiger partial charge >= 0.3 is 0 Å². The summed E-state index contributed by atoms with van der Waals surface area (Å²) in [5.41, 5.74) is 2.04. The van der Waals surface area contributed by atoms with E-state index in [9.17, 15) is 0 Å². The fraction of sp³-hybridized carbons (Fsp3) is 0.273. The quantitative estimate of drug-likeness (QED) is 0.717. The van der Waals surface area contributed by atoms with E-state index in [1.54, 1.807) is 12.4 Å². The molecule has 0 aliphatic heterocycles. The maximum Gasteiger partial charge on any atom is 0.0811 e. The van der Waals surface area contributed by atoms with Gasteiger partial charge in [-0.3, -0.25) is 9.98 Å². The van der Waals surface area contributed by atoms with Gasteiger partial charge in [0.25, 0.3) is 0 Å². The van der Waals surface area contributed by atoms with Crippen LogP contribution in [0, 0.1) is 0 Å². The van der Waals surface area contributed by atoms with Gasteiger partial charge in [0.2, 0.25) is 0 Å². The van der Waals surface area contributed by atoms with Crippen LogP contribution in [0.1, 0.15) is 12.6 Å². The molecule has 0 amide bonds. The van der Waals surface area contributed by atoms with E-state index in [0.717, 1.165) is 18.0 Å². The molecule has 0 bridgehead atoms. The minimum atomic E-state index is 0.644. The second-order valence-corrected chi connectivity index (χ2v) is 2.96. The Morgan fingerprint density at radius 1 is 1.64 bits per heavy atom. The molecular formula is C11H15N3. The maximum atomic E-state index is 4.38. The lowest BCUT2D eigenvalue weighted by Crippen LogP contribution is -2.14. The SMILES string of the molecule is C=CNC/C(C)=N\Cc1ccccn1. The van der Waals surface area contributed by atoms with Gasteiger partial charge in [-0.05, 0) is 25.3 Å². The van der Waals surface area contributed by atoms with Crippen LogP contribution in [0.2, 0.25) is 0 Å². The third kappa shape index (κ3) is 3.85. The first kappa shape index (κ1) is 10.4. The zero-order chi connectivity index (χ0) is 10.2. The van der Waals surface area contributed by atoms with Crippen molar-refractivity contribution in [1.29, 1.82) is 0 Å². The van der Waals surface area contributed by atoms with Gasteiger partial charge in [0, 0.05) is 11.9 Å². The number of pyridine rings is 1. The number of aliphatic imine (C=N–C) groups is 1. The predicted octanol–water partition coefficient (Wildman–Crippen LogP) is 1.78. The van der Waals surface area contributed by atoms with Crippen LogP contribution in [-0.2, 0) is 6.54 Å². The first-order chi connectivity index (χ1) is 6.83. The van der Waals surface area contributed by atoms with E-state index >= 15 is 0 Å². The zero-order valence-corrected chi connectivity index (χ0v) is 8.40. The average molecular weight is 189 g/mol. The zero-order valence-electron chi connectivity index (χ0n) is 8.40. The first-order valence-corrected chi connectivity index (χ1v) is 4.57. The largest absolute Gasteiger partial charge is 0.386 e. The normalized spacial score (nSPS) is 11.1. The summed E-state index contributed by atoms with van der Waals surface area (Å²) in [7, 11) is 0. The molecule has 1 rings (SSSR count). The van der Waals surface area contributed by atoms with E-state index in [1.165, 1.54) is 0 Å². The Bertz CT molecular complexity index is 304. The molecule has 0 saturated carbocycles. The van der Waals surface area contributed by atoms with Crippen molar-refractivity contribution >= 4 is 5.71 Å². The molecule has 74 valence electrons. The van der Waals surface area contributed by atoms with Crippen molar-refractivity contribution in [1.82, 2.24) is 10.3 Å². The van der Waals surface area contributed by atoms with Crippen molar-refractivity contribution in [2.24, 2.45) is 4.99 Å². The van der Waals surface area contributed by atoms with Crippen LogP contribution in [-0.4, -0.2) is 17.2 Å². The van der Waals surface area contributed by atoms with Crippen LogP contribution in [0.15, 0.2) is 42.2 Å². The fourth-order valence-electron chi connectivity index (χ4n) is 0.983. The average Bonchev–Trinajstić information content (AvgIpc) is 2.25. The second-order valence-electron chi connectivity index (χ2n) is 2.96. The highest BCUT2D eigenvalue weighted by atomic mass is 14.9. The van der Waals surface area contributed by atoms with E-state index in [0.29, 0.717) is 6.54 Å². The molecule has 3 heteroatoms. The lowest BCUT2D eigenvalue weighted by Gasteiger charge is -2.00. The second kappa shape index (κ2) is 5.91. The lowest BCUT2D eigenvalue weighted by atomic mass is 10.3. The summed E-state index contributed by atoms with van der Waals surface area (Å²) in [6.45, 7) is 6.95. The molecule has 1 heterocycles. The van der Waals surface area contributed by atoms with E-state index in [-0.39, 0.29) is 0 Å². The van der Waals surface area contributed by atoms with Gasteiger partial charge in [-0.1, -0.05) is 12.6 Å². The standard InChI is InChI=1S/C11H15N3/c1-3-12-8-10(2)14-9-11-6-4-5-7-13-11/h3-7,12H,1,8-9H2,2H3/b14-10-. The van der Waals surface area contributed by atoms with E-state index < -0.39 is 0 Å². The van der Waals surface area contributed by atoms with Crippen molar-refractivity contribution in [3.63, 3.8) is 0 Å². The van der Waals surface area contributed by atoms with Crippen LogP contribution in [0.25, 0.3) is 0 Å². The Morgan fingerprint density at radius 2 is 2.50 bits per heavy atom. The van der Waals surface area contributed by atoms with Crippen LogP contribution in [0.4, 0.5) is 0 Å². The molecular weight excluding hydrogens is 174 g/mol. The van der Waals surface area contributed by atoms with Gasteiger partial charge in [0.15, 0.2) is 0 Å². The molecule has 0 aliphatic rings. The monoisotopic (exact) mass is 189 g/mol. The number of nitrogens with one attached hydrogen (secondary N) is 1. The number of hydrogen-bond donors (Lipinski definition) is 1.